The van der Waals surface area contributed by atoms with Gasteiger partial charge in [-0.15, -0.1) is 0 Å². The molecule has 1 aromatic carbocycles. The van der Waals surface area contributed by atoms with E-state index in [4.69, 9.17) is 5.26 Å². The minimum atomic E-state index is -3.59. The van der Waals surface area contributed by atoms with Gasteiger partial charge in [0.15, 0.2) is 0 Å². The Hall–Kier alpha value is -1.91. The maximum atomic E-state index is 12.8. The predicted octanol–water partition coefficient (Wildman–Crippen LogP) is 2.90. The first-order valence-corrected chi connectivity index (χ1v) is 12.1. The summed E-state index contributed by atoms with van der Waals surface area (Å²) in [6, 6.07) is 8.19. The first-order valence-electron chi connectivity index (χ1n) is 10.7. The van der Waals surface area contributed by atoms with Crippen LogP contribution in [0.3, 0.4) is 0 Å². The second-order valence-electron chi connectivity index (χ2n) is 8.95. The van der Waals surface area contributed by atoms with Crippen LogP contribution in [-0.4, -0.2) is 37.8 Å². The number of hydrogen-bond acceptors (Lipinski definition) is 4. The molecule has 4 atom stereocenters. The number of carbonyl (C=O) groups excluding carboxylic acids is 1. The molecule has 0 unspecified atom stereocenters. The number of nitrogens with zero attached hydrogens (tertiary/aromatic N) is 2. The van der Waals surface area contributed by atoms with Gasteiger partial charge in [0, 0.05) is 25.0 Å². The van der Waals surface area contributed by atoms with Gasteiger partial charge in [0.1, 0.15) is 0 Å². The lowest BCUT2D eigenvalue weighted by atomic mass is 9.83. The molecule has 2 aliphatic carbocycles. The Kier molecular flexibility index (Phi) is 5.67. The van der Waals surface area contributed by atoms with Crippen molar-refractivity contribution in [2.24, 2.45) is 23.7 Å². The molecule has 1 amide bonds. The normalized spacial score (nSPS) is 28.8. The molecule has 156 valence electrons. The zero-order valence-electron chi connectivity index (χ0n) is 16.9. The van der Waals surface area contributed by atoms with Gasteiger partial charge in [-0.3, -0.25) is 4.79 Å². The van der Waals surface area contributed by atoms with Crippen LogP contribution in [0.2, 0.25) is 0 Å². The van der Waals surface area contributed by atoms with Crippen LogP contribution in [-0.2, 0) is 14.8 Å². The summed E-state index contributed by atoms with van der Waals surface area (Å²) in [6.45, 7) is 2.83. The van der Waals surface area contributed by atoms with E-state index in [2.05, 4.69) is 12.2 Å². The average molecular weight is 416 g/mol. The summed E-state index contributed by atoms with van der Waals surface area (Å²) in [7, 11) is -3.59. The van der Waals surface area contributed by atoms with E-state index in [-0.39, 0.29) is 22.8 Å². The SMILES string of the molecule is C[C@H](NC(=O)C1CCN(S(=O)(=O)c2ccc(C#N)cc2)CC1)[C@H]1C[C@H]2CC[C@H]1C2. The quantitative estimate of drug-likeness (QED) is 0.801. The number of hydrogen-bond donors (Lipinski definition) is 1. The summed E-state index contributed by atoms with van der Waals surface area (Å²) in [5, 5.41) is 12.1. The Bertz CT molecular complexity index is 898. The fourth-order valence-corrected chi connectivity index (χ4v) is 7.03. The minimum absolute atomic E-state index is 0.0793. The second-order valence-corrected chi connectivity index (χ2v) is 10.9. The summed E-state index contributed by atoms with van der Waals surface area (Å²) >= 11 is 0. The first-order chi connectivity index (χ1) is 13.9. The van der Waals surface area contributed by atoms with Crippen molar-refractivity contribution in [3.63, 3.8) is 0 Å². The third-order valence-electron chi connectivity index (χ3n) is 7.25. The summed E-state index contributed by atoms with van der Waals surface area (Å²) in [5.41, 5.74) is 0.434. The first kappa shape index (κ1) is 20.4. The summed E-state index contributed by atoms with van der Waals surface area (Å²) in [6.07, 6.45) is 6.33. The number of piperidine rings is 1. The number of nitrogens with one attached hydrogen (secondary N) is 1. The lowest BCUT2D eigenvalue weighted by Gasteiger charge is -2.33. The number of sulfonamides is 1. The molecule has 6 nitrogen and oxygen atoms in total. The number of nitriles is 1. The number of carbonyl (C=O) groups is 1. The molecule has 0 spiro atoms. The van der Waals surface area contributed by atoms with Crippen molar-refractivity contribution < 1.29 is 13.2 Å². The van der Waals surface area contributed by atoms with Crippen LogP contribution in [0.5, 0.6) is 0 Å². The van der Waals surface area contributed by atoms with Crippen LogP contribution in [0.15, 0.2) is 29.2 Å². The van der Waals surface area contributed by atoms with E-state index in [9.17, 15) is 13.2 Å². The third kappa shape index (κ3) is 4.06. The molecular formula is C22H29N3O3S. The molecule has 0 aromatic heterocycles. The fraction of sp³-hybridized carbons (Fsp3) is 0.636. The highest BCUT2D eigenvalue weighted by atomic mass is 32.2. The molecule has 1 saturated heterocycles. The van der Waals surface area contributed by atoms with Crippen LogP contribution in [0, 0.1) is 35.0 Å². The second kappa shape index (κ2) is 8.08. The fourth-order valence-electron chi connectivity index (χ4n) is 5.56. The Morgan fingerprint density at radius 3 is 2.38 bits per heavy atom. The molecule has 7 heteroatoms. The van der Waals surface area contributed by atoms with E-state index in [1.54, 1.807) is 0 Å². The number of rotatable bonds is 5. The van der Waals surface area contributed by atoms with Crippen molar-refractivity contribution in [3.8, 4) is 6.07 Å². The van der Waals surface area contributed by atoms with Gasteiger partial charge >= 0.3 is 0 Å². The van der Waals surface area contributed by atoms with Crippen LogP contribution < -0.4 is 5.32 Å². The molecule has 4 rings (SSSR count). The molecule has 1 aromatic rings. The van der Waals surface area contributed by atoms with E-state index >= 15 is 0 Å². The summed E-state index contributed by atoms with van der Waals surface area (Å²) < 4.78 is 27.1. The van der Waals surface area contributed by atoms with Gasteiger partial charge in [-0.2, -0.15) is 9.57 Å². The van der Waals surface area contributed by atoms with Gasteiger partial charge in [0.2, 0.25) is 15.9 Å². The Morgan fingerprint density at radius 1 is 1.14 bits per heavy atom. The Balaban J connectivity index is 1.31. The van der Waals surface area contributed by atoms with E-state index in [0.29, 0.717) is 37.4 Å². The van der Waals surface area contributed by atoms with Crippen molar-refractivity contribution in [1.29, 1.82) is 5.26 Å². The molecule has 3 aliphatic rings. The third-order valence-corrected chi connectivity index (χ3v) is 9.16. The van der Waals surface area contributed by atoms with E-state index in [0.717, 1.165) is 11.8 Å². The van der Waals surface area contributed by atoms with Gasteiger partial charge < -0.3 is 5.32 Å². The smallest absolute Gasteiger partial charge is 0.243 e. The standard InChI is InChI=1S/C22H29N3O3S/c1-15(21-13-17-2-5-19(21)12-17)24-22(26)18-8-10-25(11-9-18)29(27,28)20-6-3-16(14-23)4-7-20/h3-4,6-7,15,17-19,21H,2,5,8-13H2,1H3,(H,24,26)/t15-,17-,19-,21+/m0/s1. The van der Waals surface area contributed by atoms with Gasteiger partial charge in [0.05, 0.1) is 16.5 Å². The maximum Gasteiger partial charge on any atom is 0.243 e. The highest BCUT2D eigenvalue weighted by molar-refractivity contribution is 7.89. The summed E-state index contributed by atoms with van der Waals surface area (Å²) in [4.78, 5) is 13.0. The van der Waals surface area contributed by atoms with Gasteiger partial charge in [-0.25, -0.2) is 8.42 Å². The molecule has 1 N–H and O–H groups in total. The summed E-state index contributed by atoms with van der Waals surface area (Å²) in [5.74, 6) is 2.20. The van der Waals surface area contributed by atoms with E-state index in [1.165, 1.54) is 54.3 Å². The Labute approximate surface area is 173 Å². The lowest BCUT2D eigenvalue weighted by Crippen LogP contribution is -2.47. The largest absolute Gasteiger partial charge is 0.353 e. The molecule has 2 saturated carbocycles. The van der Waals surface area contributed by atoms with Crippen LogP contribution >= 0.6 is 0 Å². The average Bonchev–Trinajstić information content (AvgIpc) is 3.37. The minimum Gasteiger partial charge on any atom is -0.353 e. The molecule has 2 bridgehead atoms. The van der Waals surface area contributed by atoms with Gasteiger partial charge in [-0.1, -0.05) is 6.42 Å². The monoisotopic (exact) mass is 415 g/mol. The predicted molar refractivity (Wildman–Crippen MR) is 109 cm³/mol. The van der Waals surface area contributed by atoms with Crippen molar-refractivity contribution in [2.75, 3.05) is 13.1 Å². The van der Waals surface area contributed by atoms with Crippen molar-refractivity contribution >= 4 is 15.9 Å². The van der Waals surface area contributed by atoms with Crippen LogP contribution in [0.4, 0.5) is 0 Å². The van der Waals surface area contributed by atoms with Gasteiger partial charge in [-0.05, 0) is 81.0 Å². The topological polar surface area (TPSA) is 90.3 Å². The van der Waals surface area contributed by atoms with E-state index < -0.39 is 10.0 Å². The maximum absolute atomic E-state index is 12.8. The molecule has 1 aliphatic heterocycles. The zero-order valence-corrected chi connectivity index (χ0v) is 17.7. The molecule has 3 fully saturated rings. The Morgan fingerprint density at radius 2 is 1.83 bits per heavy atom. The number of fused-ring (bicyclic) bond motifs is 2. The molecule has 1 heterocycles. The van der Waals surface area contributed by atoms with E-state index in [1.807, 2.05) is 6.07 Å². The van der Waals surface area contributed by atoms with Crippen LogP contribution in [0.1, 0.15) is 51.0 Å². The molecule has 29 heavy (non-hydrogen) atoms. The van der Waals surface area contributed by atoms with Crippen LogP contribution in [0.25, 0.3) is 0 Å². The highest BCUT2D eigenvalue weighted by Crippen LogP contribution is 2.49. The molecule has 0 radical (unpaired) electrons. The van der Waals surface area contributed by atoms with Crippen molar-refractivity contribution in [2.45, 2.75) is 56.4 Å². The molecular weight excluding hydrogens is 386 g/mol. The highest BCUT2D eigenvalue weighted by Gasteiger charge is 2.42. The lowest BCUT2D eigenvalue weighted by molar-refractivity contribution is -0.127. The van der Waals surface area contributed by atoms with Crippen molar-refractivity contribution in [3.05, 3.63) is 29.8 Å². The van der Waals surface area contributed by atoms with Crippen molar-refractivity contribution in [1.82, 2.24) is 9.62 Å². The number of amides is 1. The van der Waals surface area contributed by atoms with Gasteiger partial charge in [0.25, 0.3) is 0 Å². The zero-order chi connectivity index (χ0) is 20.6. The number of benzene rings is 1.